The molecule has 1 heterocycles. The van der Waals surface area contributed by atoms with Gasteiger partial charge in [-0.3, -0.25) is 14.4 Å². The van der Waals surface area contributed by atoms with Crippen molar-refractivity contribution >= 4 is 17.5 Å². The minimum atomic E-state index is -0.285. The molecule has 2 amide bonds. The van der Waals surface area contributed by atoms with E-state index >= 15 is 0 Å². The van der Waals surface area contributed by atoms with Crippen LogP contribution in [-0.4, -0.2) is 23.4 Å². The largest absolute Gasteiger partial charge is 0.348 e. The Balaban J connectivity index is 2.07. The van der Waals surface area contributed by atoms with E-state index < -0.39 is 0 Å². The summed E-state index contributed by atoms with van der Waals surface area (Å²) in [7, 11) is 3.33. The first-order chi connectivity index (χ1) is 11.8. The minimum absolute atomic E-state index is 0.125. The van der Waals surface area contributed by atoms with Crippen LogP contribution >= 0.6 is 0 Å². The number of aromatic nitrogens is 1. The van der Waals surface area contributed by atoms with Crippen LogP contribution in [0.1, 0.15) is 21.6 Å². The number of rotatable bonds is 5. The number of nitrogens with one attached hydrogen (secondary N) is 1. The number of likely N-dealkylation sites (N-methyl/N-ethyl adjacent to an activating group) is 1. The molecule has 1 aromatic heterocycles. The van der Waals surface area contributed by atoms with E-state index in [-0.39, 0.29) is 23.9 Å². The third kappa shape index (κ3) is 4.03. The molecule has 0 spiro atoms. The molecule has 0 saturated heterocycles. The predicted molar refractivity (Wildman–Crippen MR) is 97.6 cm³/mol. The van der Waals surface area contributed by atoms with E-state index in [9.17, 15) is 14.4 Å². The number of anilines is 1. The summed E-state index contributed by atoms with van der Waals surface area (Å²) in [5, 5.41) is 2.74. The molecule has 6 nitrogen and oxygen atoms in total. The Kier molecular flexibility index (Phi) is 5.54. The van der Waals surface area contributed by atoms with E-state index in [1.54, 1.807) is 49.0 Å². The standard InChI is InChI=1S/C19H21N3O3/c1-5-17(23)22(4)16-10-8-14(9-11-16)18(24)20-12-15-7-6-13(2)21(3)19(15)25/h5-11H,1,12H2,2-4H3,(H,20,24). The number of hydrogen-bond donors (Lipinski definition) is 1. The van der Waals surface area contributed by atoms with Gasteiger partial charge in [-0.1, -0.05) is 12.6 Å². The summed E-state index contributed by atoms with van der Waals surface area (Å²) in [5.41, 5.74) is 2.37. The zero-order valence-electron chi connectivity index (χ0n) is 14.6. The predicted octanol–water partition coefficient (Wildman–Crippen LogP) is 1.77. The van der Waals surface area contributed by atoms with E-state index in [1.807, 2.05) is 13.0 Å². The van der Waals surface area contributed by atoms with Crippen LogP contribution in [0.2, 0.25) is 0 Å². The smallest absolute Gasteiger partial charge is 0.255 e. The molecule has 2 aromatic rings. The molecular formula is C19H21N3O3. The number of nitrogens with zero attached hydrogens (tertiary/aromatic N) is 2. The first-order valence-corrected chi connectivity index (χ1v) is 7.79. The highest BCUT2D eigenvalue weighted by molar-refractivity contribution is 6.01. The third-order valence-electron chi connectivity index (χ3n) is 4.10. The van der Waals surface area contributed by atoms with Gasteiger partial charge in [0.2, 0.25) is 5.91 Å². The van der Waals surface area contributed by atoms with Crippen molar-refractivity contribution in [2.45, 2.75) is 13.5 Å². The lowest BCUT2D eigenvalue weighted by atomic mass is 10.1. The highest BCUT2D eigenvalue weighted by Gasteiger charge is 2.10. The molecule has 0 radical (unpaired) electrons. The van der Waals surface area contributed by atoms with Crippen molar-refractivity contribution in [1.29, 1.82) is 0 Å². The van der Waals surface area contributed by atoms with E-state index in [2.05, 4.69) is 11.9 Å². The molecule has 130 valence electrons. The average Bonchev–Trinajstić information content (AvgIpc) is 2.64. The Hall–Kier alpha value is -3.15. The summed E-state index contributed by atoms with van der Waals surface area (Å²) < 4.78 is 1.54. The lowest BCUT2D eigenvalue weighted by Gasteiger charge is -2.15. The fraction of sp³-hybridized carbons (Fsp3) is 0.211. The number of amides is 2. The number of hydrogen-bond acceptors (Lipinski definition) is 3. The zero-order valence-corrected chi connectivity index (χ0v) is 14.6. The van der Waals surface area contributed by atoms with Crippen LogP contribution in [-0.2, 0) is 18.4 Å². The lowest BCUT2D eigenvalue weighted by molar-refractivity contribution is -0.113. The second-order valence-electron chi connectivity index (χ2n) is 5.70. The van der Waals surface area contributed by atoms with Crippen molar-refractivity contribution < 1.29 is 9.59 Å². The topological polar surface area (TPSA) is 71.4 Å². The van der Waals surface area contributed by atoms with Gasteiger partial charge in [0, 0.05) is 43.1 Å². The van der Waals surface area contributed by atoms with Crippen molar-refractivity contribution in [3.05, 3.63) is 76.2 Å². The molecule has 0 aliphatic carbocycles. The number of benzene rings is 1. The van der Waals surface area contributed by atoms with Gasteiger partial charge in [-0.05, 0) is 43.3 Å². The maximum atomic E-state index is 12.2. The monoisotopic (exact) mass is 339 g/mol. The fourth-order valence-electron chi connectivity index (χ4n) is 2.29. The van der Waals surface area contributed by atoms with E-state index in [0.717, 1.165) is 5.69 Å². The number of carbonyl (C=O) groups excluding carboxylic acids is 2. The first-order valence-electron chi connectivity index (χ1n) is 7.79. The summed E-state index contributed by atoms with van der Waals surface area (Å²) in [5.74, 6) is -0.515. The molecule has 0 fully saturated rings. The minimum Gasteiger partial charge on any atom is -0.348 e. The van der Waals surface area contributed by atoms with Crippen LogP contribution in [0.25, 0.3) is 0 Å². The Bertz CT molecular complexity index is 866. The molecule has 0 aliphatic heterocycles. The zero-order chi connectivity index (χ0) is 18.6. The van der Waals surface area contributed by atoms with Gasteiger partial charge in [-0.2, -0.15) is 0 Å². The van der Waals surface area contributed by atoms with Crippen molar-refractivity contribution in [3.63, 3.8) is 0 Å². The van der Waals surface area contributed by atoms with Crippen molar-refractivity contribution in [2.75, 3.05) is 11.9 Å². The van der Waals surface area contributed by atoms with Gasteiger partial charge in [0.15, 0.2) is 0 Å². The maximum Gasteiger partial charge on any atom is 0.255 e. The van der Waals surface area contributed by atoms with Gasteiger partial charge in [0.25, 0.3) is 11.5 Å². The van der Waals surface area contributed by atoms with Crippen LogP contribution in [0, 0.1) is 6.92 Å². The number of carbonyl (C=O) groups is 2. The van der Waals surface area contributed by atoms with Gasteiger partial charge in [-0.15, -0.1) is 0 Å². The van der Waals surface area contributed by atoms with Crippen molar-refractivity contribution in [2.24, 2.45) is 7.05 Å². The van der Waals surface area contributed by atoms with Crippen LogP contribution < -0.4 is 15.8 Å². The van der Waals surface area contributed by atoms with Crippen LogP contribution in [0.3, 0.4) is 0 Å². The number of pyridine rings is 1. The molecule has 25 heavy (non-hydrogen) atoms. The SMILES string of the molecule is C=CC(=O)N(C)c1ccc(C(=O)NCc2ccc(C)n(C)c2=O)cc1. The molecule has 0 atom stereocenters. The average molecular weight is 339 g/mol. The third-order valence-corrected chi connectivity index (χ3v) is 4.10. The van der Waals surface area contributed by atoms with Gasteiger partial charge in [0.05, 0.1) is 0 Å². The summed E-state index contributed by atoms with van der Waals surface area (Å²) in [6.07, 6.45) is 1.22. The Labute approximate surface area is 146 Å². The summed E-state index contributed by atoms with van der Waals surface area (Å²) in [4.78, 5) is 37.4. The molecule has 6 heteroatoms. The molecule has 1 aromatic carbocycles. The molecule has 1 N–H and O–H groups in total. The highest BCUT2D eigenvalue weighted by Crippen LogP contribution is 2.14. The highest BCUT2D eigenvalue weighted by atomic mass is 16.2. The Morgan fingerprint density at radius 2 is 1.84 bits per heavy atom. The quantitative estimate of drug-likeness (QED) is 0.844. The first kappa shape index (κ1) is 18.2. The van der Waals surface area contributed by atoms with E-state index in [4.69, 9.17) is 0 Å². The van der Waals surface area contributed by atoms with Gasteiger partial charge in [0.1, 0.15) is 0 Å². The molecule has 0 bridgehead atoms. The van der Waals surface area contributed by atoms with Gasteiger partial charge >= 0.3 is 0 Å². The van der Waals surface area contributed by atoms with Crippen LogP contribution in [0.5, 0.6) is 0 Å². The summed E-state index contributed by atoms with van der Waals surface area (Å²) in [6, 6.07) is 10.2. The van der Waals surface area contributed by atoms with Gasteiger partial charge < -0.3 is 14.8 Å². The molecular weight excluding hydrogens is 318 g/mol. The van der Waals surface area contributed by atoms with Crippen LogP contribution in [0.15, 0.2) is 53.8 Å². The molecule has 0 saturated carbocycles. The Morgan fingerprint density at radius 3 is 2.44 bits per heavy atom. The normalized spacial score (nSPS) is 10.2. The van der Waals surface area contributed by atoms with Crippen molar-refractivity contribution in [1.82, 2.24) is 9.88 Å². The number of aryl methyl sites for hydroxylation is 1. The fourth-order valence-corrected chi connectivity index (χ4v) is 2.29. The van der Waals surface area contributed by atoms with Crippen molar-refractivity contribution in [3.8, 4) is 0 Å². The second-order valence-corrected chi connectivity index (χ2v) is 5.70. The lowest BCUT2D eigenvalue weighted by Crippen LogP contribution is -2.29. The van der Waals surface area contributed by atoms with Crippen LogP contribution in [0.4, 0.5) is 5.69 Å². The summed E-state index contributed by atoms with van der Waals surface area (Å²) >= 11 is 0. The second kappa shape index (κ2) is 7.61. The maximum absolute atomic E-state index is 12.2. The van der Waals surface area contributed by atoms with E-state index in [0.29, 0.717) is 16.8 Å². The summed E-state index contributed by atoms with van der Waals surface area (Å²) in [6.45, 7) is 5.44. The van der Waals surface area contributed by atoms with E-state index in [1.165, 1.54) is 11.0 Å². The molecule has 0 aliphatic rings. The Morgan fingerprint density at radius 1 is 1.20 bits per heavy atom. The molecule has 0 unspecified atom stereocenters. The molecule has 2 rings (SSSR count). The van der Waals surface area contributed by atoms with Gasteiger partial charge in [-0.25, -0.2) is 0 Å².